The van der Waals surface area contributed by atoms with Gasteiger partial charge in [-0.05, 0) is 57.8 Å². The Kier molecular flexibility index (Phi) is 43.9. The Labute approximate surface area is 336 Å². The third-order valence-corrected chi connectivity index (χ3v) is 10.5. The number of nitrogens with one attached hydrogen (secondary N) is 1. The first kappa shape index (κ1) is 52.1. The highest BCUT2D eigenvalue weighted by Gasteiger charge is 2.20. The molecule has 0 aliphatic rings. The van der Waals surface area contributed by atoms with Crippen molar-refractivity contribution >= 4 is 5.91 Å². The molecule has 0 saturated carbocycles. The minimum Gasteiger partial charge on any atom is -0.394 e. The van der Waals surface area contributed by atoms with E-state index < -0.39 is 12.1 Å². The molecule has 0 saturated heterocycles. The van der Waals surface area contributed by atoms with Gasteiger partial charge < -0.3 is 15.5 Å². The Morgan fingerprint density at radius 1 is 0.463 bits per heavy atom. The molecule has 2 unspecified atom stereocenters. The molecule has 0 aromatic carbocycles. The second-order valence-electron chi connectivity index (χ2n) is 15.8. The number of aliphatic hydroxyl groups excluding tert-OH is 2. The van der Waals surface area contributed by atoms with Crippen LogP contribution in [-0.2, 0) is 4.79 Å². The van der Waals surface area contributed by atoms with E-state index in [1.807, 2.05) is 0 Å². The molecule has 314 valence electrons. The van der Waals surface area contributed by atoms with Gasteiger partial charge >= 0.3 is 0 Å². The van der Waals surface area contributed by atoms with Crippen molar-refractivity contribution in [3.63, 3.8) is 0 Å². The lowest BCUT2D eigenvalue weighted by Crippen LogP contribution is -2.45. The Morgan fingerprint density at radius 3 is 1.22 bits per heavy atom. The molecule has 0 aromatic heterocycles. The smallest absolute Gasteiger partial charge is 0.220 e. The zero-order valence-corrected chi connectivity index (χ0v) is 36.0. The molecule has 0 radical (unpaired) electrons. The SMILES string of the molecule is CC/C=C\C/C=C\C/C=C\C/C=C\C/C=C\CCCCCCCCCCCCCCCCCCCCCC(=O)NC(CO)C(O)CCCCCCCCC. The zero-order chi connectivity index (χ0) is 39.3. The van der Waals surface area contributed by atoms with E-state index in [0.29, 0.717) is 12.8 Å². The fourth-order valence-corrected chi connectivity index (χ4v) is 6.98. The highest BCUT2D eigenvalue weighted by atomic mass is 16.3. The summed E-state index contributed by atoms with van der Waals surface area (Å²) in [5.74, 6) is -0.0351. The first-order valence-corrected chi connectivity index (χ1v) is 23.5. The van der Waals surface area contributed by atoms with Gasteiger partial charge in [-0.1, -0.05) is 229 Å². The summed E-state index contributed by atoms with van der Waals surface area (Å²) >= 11 is 0. The van der Waals surface area contributed by atoms with Crippen molar-refractivity contribution in [2.75, 3.05) is 6.61 Å². The molecular formula is C50H91NO3. The van der Waals surface area contributed by atoms with Gasteiger partial charge in [0.25, 0.3) is 0 Å². The van der Waals surface area contributed by atoms with Crippen LogP contribution in [0.5, 0.6) is 0 Å². The van der Waals surface area contributed by atoms with Gasteiger partial charge in [-0.2, -0.15) is 0 Å². The molecule has 4 heteroatoms. The fourth-order valence-electron chi connectivity index (χ4n) is 6.98. The number of carbonyl (C=O) groups is 1. The number of aliphatic hydroxyl groups is 2. The topological polar surface area (TPSA) is 69.6 Å². The van der Waals surface area contributed by atoms with Gasteiger partial charge in [-0.3, -0.25) is 4.79 Å². The largest absolute Gasteiger partial charge is 0.394 e. The maximum absolute atomic E-state index is 12.3. The molecule has 54 heavy (non-hydrogen) atoms. The van der Waals surface area contributed by atoms with Gasteiger partial charge in [0.05, 0.1) is 18.8 Å². The van der Waals surface area contributed by atoms with Crippen molar-refractivity contribution in [3.05, 3.63) is 60.8 Å². The summed E-state index contributed by atoms with van der Waals surface area (Å²) in [5, 5.41) is 22.9. The van der Waals surface area contributed by atoms with Crippen LogP contribution in [0.15, 0.2) is 60.8 Å². The van der Waals surface area contributed by atoms with Crippen LogP contribution >= 0.6 is 0 Å². The Morgan fingerprint density at radius 2 is 0.815 bits per heavy atom. The quantitative estimate of drug-likeness (QED) is 0.0429. The Balaban J connectivity index is 3.40. The molecule has 0 heterocycles. The van der Waals surface area contributed by atoms with Crippen molar-refractivity contribution < 1.29 is 15.0 Å². The van der Waals surface area contributed by atoms with E-state index in [0.717, 1.165) is 57.8 Å². The highest BCUT2D eigenvalue weighted by molar-refractivity contribution is 5.76. The van der Waals surface area contributed by atoms with E-state index in [1.165, 1.54) is 148 Å². The fraction of sp³-hybridized carbons (Fsp3) is 0.780. The summed E-state index contributed by atoms with van der Waals surface area (Å²) in [4.78, 5) is 12.3. The van der Waals surface area contributed by atoms with E-state index >= 15 is 0 Å². The third kappa shape index (κ3) is 41.3. The van der Waals surface area contributed by atoms with Gasteiger partial charge in [0.15, 0.2) is 0 Å². The number of unbranched alkanes of at least 4 members (excludes halogenated alkanes) is 25. The molecule has 0 aromatic rings. The van der Waals surface area contributed by atoms with Crippen LogP contribution in [0.25, 0.3) is 0 Å². The minimum absolute atomic E-state index is 0.0351. The lowest BCUT2D eigenvalue weighted by molar-refractivity contribution is -0.123. The maximum atomic E-state index is 12.3. The van der Waals surface area contributed by atoms with Gasteiger partial charge in [0.2, 0.25) is 5.91 Å². The molecule has 4 nitrogen and oxygen atoms in total. The van der Waals surface area contributed by atoms with E-state index in [2.05, 4.69) is 79.9 Å². The molecule has 0 aliphatic carbocycles. The summed E-state index contributed by atoms with van der Waals surface area (Å²) in [7, 11) is 0. The zero-order valence-electron chi connectivity index (χ0n) is 36.0. The average molecular weight is 754 g/mol. The summed E-state index contributed by atoms with van der Waals surface area (Å²) in [6.07, 6.45) is 63.4. The standard InChI is InChI=1S/C50H91NO3/c1-3-5-7-9-11-12-13-14-15-16-17-18-19-20-21-22-23-24-25-26-27-28-29-30-31-32-33-34-35-36-37-38-40-42-44-46-50(54)51-48(47-52)49(53)45-43-41-39-10-8-6-4-2/h5,7,11-12,14-15,17-18,20-21,48-49,52-53H,3-4,6,8-10,13,16,19,22-47H2,1-2H3,(H,51,54)/b7-5-,12-11-,15-14-,18-17-,21-20-. The summed E-state index contributed by atoms with van der Waals surface area (Å²) < 4.78 is 0. The summed E-state index contributed by atoms with van der Waals surface area (Å²) in [6, 6.07) is -0.533. The van der Waals surface area contributed by atoms with Crippen molar-refractivity contribution in [2.24, 2.45) is 0 Å². The van der Waals surface area contributed by atoms with Crippen LogP contribution in [0.3, 0.4) is 0 Å². The second kappa shape index (κ2) is 45.5. The summed E-state index contributed by atoms with van der Waals surface area (Å²) in [5.41, 5.74) is 0. The van der Waals surface area contributed by atoms with Gasteiger partial charge in [0, 0.05) is 6.42 Å². The van der Waals surface area contributed by atoms with Crippen LogP contribution in [0.1, 0.15) is 232 Å². The first-order chi connectivity index (χ1) is 26.7. The number of hydrogen-bond donors (Lipinski definition) is 3. The van der Waals surface area contributed by atoms with E-state index in [1.54, 1.807) is 0 Å². The lowest BCUT2D eigenvalue weighted by Gasteiger charge is -2.22. The van der Waals surface area contributed by atoms with Crippen LogP contribution < -0.4 is 5.32 Å². The van der Waals surface area contributed by atoms with Crippen LogP contribution in [-0.4, -0.2) is 34.9 Å². The predicted molar refractivity (Wildman–Crippen MR) is 239 cm³/mol. The number of allylic oxidation sites excluding steroid dienone is 10. The van der Waals surface area contributed by atoms with E-state index in [9.17, 15) is 15.0 Å². The molecule has 1 amide bonds. The summed E-state index contributed by atoms with van der Waals surface area (Å²) in [6.45, 7) is 4.20. The van der Waals surface area contributed by atoms with Gasteiger partial charge in [-0.15, -0.1) is 0 Å². The molecule has 0 rings (SSSR count). The number of carbonyl (C=O) groups excluding carboxylic acids is 1. The van der Waals surface area contributed by atoms with Gasteiger partial charge in [-0.25, -0.2) is 0 Å². The molecule has 2 atom stereocenters. The van der Waals surface area contributed by atoms with Crippen LogP contribution in [0.4, 0.5) is 0 Å². The van der Waals surface area contributed by atoms with Crippen molar-refractivity contribution in [1.82, 2.24) is 5.32 Å². The van der Waals surface area contributed by atoms with E-state index in [4.69, 9.17) is 0 Å². The lowest BCUT2D eigenvalue weighted by atomic mass is 10.0. The molecule has 3 N–H and O–H groups in total. The molecule has 0 aliphatic heterocycles. The van der Waals surface area contributed by atoms with Crippen molar-refractivity contribution in [2.45, 2.75) is 244 Å². The Bertz CT molecular complexity index is 904. The molecule has 0 spiro atoms. The monoisotopic (exact) mass is 754 g/mol. The molecule has 0 fully saturated rings. The number of rotatable bonds is 42. The highest BCUT2D eigenvalue weighted by Crippen LogP contribution is 2.16. The van der Waals surface area contributed by atoms with Crippen molar-refractivity contribution in [3.8, 4) is 0 Å². The van der Waals surface area contributed by atoms with Crippen molar-refractivity contribution in [1.29, 1.82) is 0 Å². The predicted octanol–water partition coefficient (Wildman–Crippen LogP) is 14.9. The normalized spacial score (nSPS) is 13.5. The minimum atomic E-state index is -0.655. The second-order valence-corrected chi connectivity index (χ2v) is 15.8. The molecule has 0 bridgehead atoms. The first-order valence-electron chi connectivity index (χ1n) is 23.5. The van der Waals surface area contributed by atoms with E-state index in [-0.39, 0.29) is 12.5 Å². The maximum Gasteiger partial charge on any atom is 0.220 e. The van der Waals surface area contributed by atoms with Crippen LogP contribution in [0, 0.1) is 0 Å². The number of hydrogen-bond acceptors (Lipinski definition) is 3. The molecular weight excluding hydrogens is 663 g/mol. The average Bonchev–Trinajstić information content (AvgIpc) is 3.18. The number of amides is 1. The van der Waals surface area contributed by atoms with Gasteiger partial charge in [0.1, 0.15) is 0 Å². The Hall–Kier alpha value is -1.91. The van der Waals surface area contributed by atoms with Crippen LogP contribution in [0.2, 0.25) is 0 Å². The third-order valence-electron chi connectivity index (χ3n) is 10.5.